The third-order valence-electron chi connectivity index (χ3n) is 4.25. The molecule has 4 nitrogen and oxygen atoms in total. The molecule has 0 saturated heterocycles. The predicted molar refractivity (Wildman–Crippen MR) is 98.5 cm³/mol. The van der Waals surface area contributed by atoms with Gasteiger partial charge in [0.25, 0.3) is 5.91 Å². The zero-order valence-electron chi connectivity index (χ0n) is 14.9. The van der Waals surface area contributed by atoms with Crippen molar-refractivity contribution in [2.75, 3.05) is 5.32 Å². The number of carbonyl (C=O) groups excluding carboxylic acids is 1. The van der Waals surface area contributed by atoms with E-state index in [1.807, 2.05) is 26.0 Å². The quantitative estimate of drug-likeness (QED) is 0.642. The Morgan fingerprint density at radius 2 is 1.96 bits per heavy atom. The Balaban J connectivity index is 2.14. The second-order valence-corrected chi connectivity index (χ2v) is 6.71. The number of anilines is 1. The molecular formula is C19H17ClF3N3O. The van der Waals surface area contributed by atoms with Crippen LogP contribution in [0.5, 0.6) is 0 Å². The molecule has 3 rings (SSSR count). The molecule has 1 amide bonds. The van der Waals surface area contributed by atoms with E-state index in [4.69, 9.17) is 11.6 Å². The van der Waals surface area contributed by atoms with E-state index in [9.17, 15) is 18.0 Å². The number of pyridine rings is 1. The SMILES string of the molecule is CCc1nc2c(Cl)cc(C(F)(F)F)cn2c1C(=O)Nc1ccc(C)cc1C. The molecule has 2 heterocycles. The molecule has 142 valence electrons. The van der Waals surface area contributed by atoms with Gasteiger partial charge in [0.05, 0.1) is 16.3 Å². The highest BCUT2D eigenvalue weighted by atomic mass is 35.5. The van der Waals surface area contributed by atoms with Gasteiger partial charge in [-0.3, -0.25) is 9.20 Å². The third kappa shape index (κ3) is 3.64. The van der Waals surface area contributed by atoms with E-state index in [1.54, 1.807) is 13.0 Å². The van der Waals surface area contributed by atoms with Crippen molar-refractivity contribution in [3.8, 4) is 0 Å². The van der Waals surface area contributed by atoms with Crippen LogP contribution in [0.15, 0.2) is 30.5 Å². The second kappa shape index (κ2) is 6.88. The largest absolute Gasteiger partial charge is 0.417 e. The van der Waals surface area contributed by atoms with Crippen LogP contribution in [0.3, 0.4) is 0 Å². The monoisotopic (exact) mass is 395 g/mol. The minimum Gasteiger partial charge on any atom is -0.320 e. The summed E-state index contributed by atoms with van der Waals surface area (Å²) in [5.74, 6) is -0.540. The topological polar surface area (TPSA) is 46.4 Å². The first-order valence-corrected chi connectivity index (χ1v) is 8.66. The molecule has 2 aromatic heterocycles. The average molecular weight is 396 g/mol. The van der Waals surface area contributed by atoms with Gasteiger partial charge in [-0.15, -0.1) is 0 Å². The van der Waals surface area contributed by atoms with Gasteiger partial charge in [-0.1, -0.05) is 36.2 Å². The van der Waals surface area contributed by atoms with Crippen molar-refractivity contribution in [3.63, 3.8) is 0 Å². The Labute approximate surface area is 159 Å². The van der Waals surface area contributed by atoms with Crippen molar-refractivity contribution in [2.45, 2.75) is 33.4 Å². The van der Waals surface area contributed by atoms with E-state index in [1.165, 1.54) is 0 Å². The van der Waals surface area contributed by atoms with Gasteiger partial charge in [-0.2, -0.15) is 13.2 Å². The maximum atomic E-state index is 13.2. The number of fused-ring (bicyclic) bond motifs is 1. The summed E-state index contributed by atoms with van der Waals surface area (Å²) in [6.45, 7) is 5.55. The van der Waals surface area contributed by atoms with Crippen LogP contribution in [0, 0.1) is 13.8 Å². The molecule has 0 unspecified atom stereocenters. The molecule has 0 saturated carbocycles. The number of carbonyl (C=O) groups is 1. The number of nitrogens with zero attached hydrogens (tertiary/aromatic N) is 2. The highest BCUT2D eigenvalue weighted by Gasteiger charge is 2.33. The Bertz CT molecular complexity index is 1040. The second-order valence-electron chi connectivity index (χ2n) is 6.30. The molecule has 3 aromatic rings. The van der Waals surface area contributed by atoms with Crippen molar-refractivity contribution in [2.24, 2.45) is 0 Å². The first kappa shape index (κ1) is 19.2. The molecule has 8 heteroatoms. The lowest BCUT2D eigenvalue weighted by Crippen LogP contribution is -2.17. The number of nitrogens with one attached hydrogen (secondary N) is 1. The highest BCUT2D eigenvalue weighted by Crippen LogP contribution is 2.33. The van der Waals surface area contributed by atoms with Gasteiger partial charge in [0, 0.05) is 11.9 Å². The first-order chi connectivity index (χ1) is 12.6. The molecule has 1 aromatic carbocycles. The molecule has 1 N–H and O–H groups in total. The van der Waals surface area contributed by atoms with Crippen LogP contribution in [-0.2, 0) is 12.6 Å². The van der Waals surface area contributed by atoms with E-state index in [-0.39, 0.29) is 16.4 Å². The van der Waals surface area contributed by atoms with Gasteiger partial charge in [0.1, 0.15) is 5.69 Å². The summed E-state index contributed by atoms with van der Waals surface area (Å²) in [6, 6.07) is 6.32. The smallest absolute Gasteiger partial charge is 0.320 e. The van der Waals surface area contributed by atoms with Gasteiger partial charge in [0.2, 0.25) is 0 Å². The van der Waals surface area contributed by atoms with Crippen LogP contribution in [-0.4, -0.2) is 15.3 Å². The van der Waals surface area contributed by atoms with E-state index in [0.29, 0.717) is 17.8 Å². The molecule has 0 fully saturated rings. The van der Waals surface area contributed by atoms with Gasteiger partial charge < -0.3 is 5.32 Å². The number of imidazole rings is 1. The number of alkyl halides is 3. The van der Waals surface area contributed by atoms with E-state index in [0.717, 1.165) is 27.8 Å². The Morgan fingerprint density at radius 1 is 1.26 bits per heavy atom. The van der Waals surface area contributed by atoms with Crippen LogP contribution in [0.25, 0.3) is 5.65 Å². The van der Waals surface area contributed by atoms with Crippen molar-refractivity contribution in [1.82, 2.24) is 9.38 Å². The molecular weight excluding hydrogens is 379 g/mol. The third-order valence-corrected chi connectivity index (χ3v) is 4.53. The summed E-state index contributed by atoms with van der Waals surface area (Å²) in [7, 11) is 0. The standard InChI is InChI=1S/C19H17ClF3N3O/c1-4-14-16(18(27)25-15-6-5-10(2)7-11(15)3)26-9-12(19(21,22)23)8-13(20)17(26)24-14/h5-9H,4H2,1-3H3,(H,25,27). The number of rotatable bonds is 3. The van der Waals surface area contributed by atoms with E-state index in [2.05, 4.69) is 10.3 Å². The lowest BCUT2D eigenvalue weighted by atomic mass is 10.1. The minimum atomic E-state index is -4.59. The van der Waals surface area contributed by atoms with Crippen molar-refractivity contribution in [3.05, 3.63) is 63.6 Å². The number of aryl methyl sites for hydroxylation is 3. The van der Waals surface area contributed by atoms with Crippen molar-refractivity contribution < 1.29 is 18.0 Å². The molecule has 27 heavy (non-hydrogen) atoms. The number of amides is 1. The zero-order chi connectivity index (χ0) is 19.9. The van der Waals surface area contributed by atoms with Gasteiger partial charge >= 0.3 is 6.18 Å². The Kier molecular flexibility index (Phi) is 4.90. The summed E-state index contributed by atoms with van der Waals surface area (Å²) in [6.07, 6.45) is -3.37. The van der Waals surface area contributed by atoms with E-state index < -0.39 is 17.6 Å². The maximum Gasteiger partial charge on any atom is 0.417 e. The Morgan fingerprint density at radius 3 is 2.56 bits per heavy atom. The minimum absolute atomic E-state index is 0.0421. The molecule has 0 aliphatic heterocycles. The summed E-state index contributed by atoms with van der Waals surface area (Å²) in [5, 5.41) is 2.60. The Hall–Kier alpha value is -2.54. The fourth-order valence-electron chi connectivity index (χ4n) is 2.93. The van der Waals surface area contributed by atoms with Crippen molar-refractivity contribution in [1.29, 1.82) is 0 Å². The molecule has 0 radical (unpaired) electrons. The zero-order valence-corrected chi connectivity index (χ0v) is 15.7. The number of halogens is 4. The van der Waals surface area contributed by atoms with Gasteiger partial charge in [0.15, 0.2) is 5.65 Å². The molecule has 0 bridgehead atoms. The molecule has 0 spiro atoms. The summed E-state index contributed by atoms with van der Waals surface area (Å²) in [4.78, 5) is 17.1. The molecule has 0 atom stereocenters. The van der Waals surface area contributed by atoms with Crippen LogP contribution >= 0.6 is 11.6 Å². The fraction of sp³-hybridized carbons (Fsp3) is 0.263. The number of hydrogen-bond acceptors (Lipinski definition) is 2. The van der Waals surface area contributed by atoms with Crippen molar-refractivity contribution >= 4 is 28.8 Å². The predicted octanol–water partition coefficient (Wildman–Crippen LogP) is 5.44. The highest BCUT2D eigenvalue weighted by molar-refractivity contribution is 6.33. The summed E-state index contributed by atoms with van der Waals surface area (Å²) >= 11 is 6.00. The number of aromatic nitrogens is 2. The van der Waals surface area contributed by atoms with Crippen LogP contribution in [0.2, 0.25) is 5.02 Å². The summed E-state index contributed by atoms with van der Waals surface area (Å²) in [5.41, 5.74) is 2.06. The fourth-order valence-corrected chi connectivity index (χ4v) is 3.18. The first-order valence-electron chi connectivity index (χ1n) is 8.28. The molecule has 0 aliphatic rings. The van der Waals surface area contributed by atoms with Gasteiger partial charge in [-0.05, 0) is 38.0 Å². The normalized spacial score (nSPS) is 11.8. The number of hydrogen-bond donors (Lipinski definition) is 1. The lowest BCUT2D eigenvalue weighted by Gasteiger charge is -2.12. The molecule has 0 aliphatic carbocycles. The van der Waals surface area contributed by atoms with Crippen LogP contribution in [0.4, 0.5) is 18.9 Å². The number of benzene rings is 1. The van der Waals surface area contributed by atoms with Crippen LogP contribution < -0.4 is 5.32 Å². The van der Waals surface area contributed by atoms with E-state index >= 15 is 0 Å². The summed E-state index contributed by atoms with van der Waals surface area (Å²) < 4.78 is 40.6. The van der Waals surface area contributed by atoms with Gasteiger partial charge in [-0.25, -0.2) is 4.98 Å². The maximum absolute atomic E-state index is 13.2. The average Bonchev–Trinajstić information content (AvgIpc) is 2.96. The van der Waals surface area contributed by atoms with Crippen LogP contribution in [0.1, 0.15) is 39.8 Å². The lowest BCUT2D eigenvalue weighted by molar-refractivity contribution is -0.137.